The van der Waals surface area contributed by atoms with Gasteiger partial charge in [-0.05, 0) is 12.5 Å². The molecule has 0 aromatic heterocycles. The Balaban J connectivity index is 3.10. The summed E-state index contributed by atoms with van der Waals surface area (Å²) in [5.41, 5.74) is 6.63. The average molecular weight is 188 g/mol. The van der Waals surface area contributed by atoms with Crippen molar-refractivity contribution >= 4 is 0 Å². The molecule has 0 aliphatic rings. The first kappa shape index (κ1) is 10.3. The van der Waals surface area contributed by atoms with E-state index < -0.39 is 0 Å². The van der Waals surface area contributed by atoms with Crippen LogP contribution in [-0.4, -0.2) is 5.11 Å². The number of para-hydroxylation sites is 1. The molecule has 0 radical (unpaired) electrons. The highest BCUT2D eigenvalue weighted by molar-refractivity contribution is 5.48. The molecule has 0 aliphatic carbocycles. The molecule has 14 heavy (non-hydrogen) atoms. The van der Waals surface area contributed by atoms with Crippen molar-refractivity contribution in [1.29, 1.82) is 5.26 Å². The zero-order valence-corrected chi connectivity index (χ0v) is 7.77. The Morgan fingerprint density at radius 3 is 2.93 bits per heavy atom. The van der Waals surface area contributed by atoms with Crippen LogP contribution in [0.1, 0.15) is 23.6 Å². The van der Waals surface area contributed by atoms with Crippen LogP contribution >= 0.6 is 0 Å². The summed E-state index contributed by atoms with van der Waals surface area (Å²) in [6.07, 6.45) is 2.26. The number of phenolic OH excluding ortho intramolecular Hbond substituents is 1. The minimum absolute atomic E-state index is 0.0237. The average Bonchev–Trinajstić information content (AvgIpc) is 2.18. The first-order valence-corrected chi connectivity index (χ1v) is 4.29. The summed E-state index contributed by atoms with van der Waals surface area (Å²) in [5.74, 6) is -0.0237. The molecular formula is C11H12N2O. The Labute approximate surface area is 83.1 Å². The van der Waals surface area contributed by atoms with E-state index in [2.05, 4.69) is 6.58 Å². The summed E-state index contributed by atoms with van der Waals surface area (Å²) in [5, 5.41) is 18.3. The van der Waals surface area contributed by atoms with Crippen molar-refractivity contribution < 1.29 is 5.11 Å². The van der Waals surface area contributed by atoms with Crippen LogP contribution in [0.5, 0.6) is 5.75 Å². The van der Waals surface area contributed by atoms with Crippen molar-refractivity contribution in [3.8, 4) is 11.8 Å². The molecule has 0 unspecified atom stereocenters. The zero-order chi connectivity index (χ0) is 10.6. The SMILES string of the molecule is C=CC[C@@H](N)c1cccc(C#N)c1O. The topological polar surface area (TPSA) is 70.0 Å². The van der Waals surface area contributed by atoms with Crippen molar-refractivity contribution in [1.82, 2.24) is 0 Å². The zero-order valence-electron chi connectivity index (χ0n) is 7.77. The number of benzene rings is 1. The van der Waals surface area contributed by atoms with E-state index in [1.54, 1.807) is 24.3 Å². The number of aromatic hydroxyl groups is 1. The fourth-order valence-corrected chi connectivity index (χ4v) is 1.26. The molecule has 1 aromatic carbocycles. The van der Waals surface area contributed by atoms with Gasteiger partial charge in [-0.15, -0.1) is 6.58 Å². The molecule has 0 saturated carbocycles. The standard InChI is InChI=1S/C11H12N2O/c1-2-4-10(13)9-6-3-5-8(7-12)11(9)14/h2-3,5-6,10,14H,1,4,13H2/t10-/m1/s1. The normalized spacial score (nSPS) is 11.7. The number of nitriles is 1. The third-order valence-corrected chi connectivity index (χ3v) is 2.01. The van der Waals surface area contributed by atoms with Crippen molar-refractivity contribution in [3.05, 3.63) is 42.0 Å². The minimum Gasteiger partial charge on any atom is -0.506 e. The van der Waals surface area contributed by atoms with E-state index in [1.165, 1.54) is 0 Å². The predicted octanol–water partition coefficient (Wildman–Crippen LogP) is 1.84. The second-order valence-electron chi connectivity index (χ2n) is 2.99. The van der Waals surface area contributed by atoms with Gasteiger partial charge in [0, 0.05) is 11.6 Å². The smallest absolute Gasteiger partial charge is 0.138 e. The fourth-order valence-electron chi connectivity index (χ4n) is 1.26. The van der Waals surface area contributed by atoms with E-state index >= 15 is 0 Å². The minimum atomic E-state index is -0.305. The number of rotatable bonds is 3. The predicted molar refractivity (Wildman–Crippen MR) is 54.6 cm³/mol. The number of hydrogen-bond donors (Lipinski definition) is 2. The van der Waals surface area contributed by atoms with Crippen molar-refractivity contribution in [3.63, 3.8) is 0 Å². The maximum absolute atomic E-state index is 9.65. The summed E-state index contributed by atoms with van der Waals surface area (Å²) in [6, 6.07) is 6.57. The lowest BCUT2D eigenvalue weighted by atomic mass is 10.0. The molecule has 3 nitrogen and oxygen atoms in total. The lowest BCUT2D eigenvalue weighted by molar-refractivity contribution is 0.460. The van der Waals surface area contributed by atoms with Crippen LogP contribution < -0.4 is 5.73 Å². The molecule has 0 saturated heterocycles. The van der Waals surface area contributed by atoms with Crippen LogP contribution in [0.25, 0.3) is 0 Å². The molecule has 0 fully saturated rings. The van der Waals surface area contributed by atoms with Gasteiger partial charge in [0.15, 0.2) is 0 Å². The monoisotopic (exact) mass is 188 g/mol. The first-order chi connectivity index (χ1) is 6.70. The molecule has 1 aromatic rings. The van der Waals surface area contributed by atoms with Crippen molar-refractivity contribution in [2.75, 3.05) is 0 Å². The maximum Gasteiger partial charge on any atom is 0.138 e. The Hall–Kier alpha value is -1.79. The van der Waals surface area contributed by atoms with Gasteiger partial charge in [-0.3, -0.25) is 0 Å². The summed E-state index contributed by atoms with van der Waals surface area (Å²) in [7, 11) is 0. The maximum atomic E-state index is 9.65. The van der Waals surface area contributed by atoms with Crippen molar-refractivity contribution in [2.45, 2.75) is 12.5 Å². The van der Waals surface area contributed by atoms with E-state index in [0.29, 0.717) is 12.0 Å². The van der Waals surface area contributed by atoms with Crippen LogP contribution in [0, 0.1) is 11.3 Å². The van der Waals surface area contributed by atoms with Gasteiger partial charge in [0.05, 0.1) is 5.56 Å². The van der Waals surface area contributed by atoms with Gasteiger partial charge < -0.3 is 10.8 Å². The van der Waals surface area contributed by atoms with Crippen LogP contribution in [0.15, 0.2) is 30.9 Å². The van der Waals surface area contributed by atoms with Gasteiger partial charge in [0.25, 0.3) is 0 Å². The number of phenols is 1. The Morgan fingerprint density at radius 2 is 2.36 bits per heavy atom. The number of nitrogens with two attached hydrogens (primary N) is 1. The molecule has 3 N–H and O–H groups in total. The van der Waals surface area contributed by atoms with Gasteiger partial charge in [-0.25, -0.2) is 0 Å². The lowest BCUT2D eigenvalue weighted by Crippen LogP contribution is -2.09. The van der Waals surface area contributed by atoms with E-state index in [1.807, 2.05) is 6.07 Å². The molecule has 1 rings (SSSR count). The third-order valence-electron chi connectivity index (χ3n) is 2.01. The molecule has 0 amide bonds. The third kappa shape index (κ3) is 1.93. The van der Waals surface area contributed by atoms with Gasteiger partial charge >= 0.3 is 0 Å². The molecule has 3 heteroatoms. The van der Waals surface area contributed by atoms with Crippen LogP contribution in [0.2, 0.25) is 0 Å². The Kier molecular flexibility index (Phi) is 3.27. The van der Waals surface area contributed by atoms with Crippen LogP contribution in [0.4, 0.5) is 0 Å². The van der Waals surface area contributed by atoms with Gasteiger partial charge in [-0.1, -0.05) is 18.2 Å². The summed E-state index contributed by atoms with van der Waals surface area (Å²) in [4.78, 5) is 0. The highest BCUT2D eigenvalue weighted by atomic mass is 16.3. The molecule has 72 valence electrons. The van der Waals surface area contributed by atoms with E-state index in [4.69, 9.17) is 11.0 Å². The summed E-state index contributed by atoms with van der Waals surface area (Å²) in [6.45, 7) is 3.57. The fraction of sp³-hybridized carbons (Fsp3) is 0.182. The Morgan fingerprint density at radius 1 is 1.64 bits per heavy atom. The van der Waals surface area contributed by atoms with Crippen LogP contribution in [-0.2, 0) is 0 Å². The Bertz CT molecular complexity index is 379. The quantitative estimate of drug-likeness (QED) is 0.711. The summed E-state index contributed by atoms with van der Waals surface area (Å²) >= 11 is 0. The van der Waals surface area contributed by atoms with E-state index in [0.717, 1.165) is 0 Å². The highest BCUT2D eigenvalue weighted by Crippen LogP contribution is 2.27. The van der Waals surface area contributed by atoms with Gasteiger partial charge in [0.1, 0.15) is 11.8 Å². The molecule has 0 aliphatic heterocycles. The molecule has 0 heterocycles. The number of nitrogens with zero attached hydrogens (tertiary/aromatic N) is 1. The molecular weight excluding hydrogens is 176 g/mol. The number of hydrogen-bond acceptors (Lipinski definition) is 3. The summed E-state index contributed by atoms with van der Waals surface area (Å²) < 4.78 is 0. The molecule has 0 bridgehead atoms. The second kappa shape index (κ2) is 4.45. The largest absolute Gasteiger partial charge is 0.506 e. The second-order valence-corrected chi connectivity index (χ2v) is 2.99. The van der Waals surface area contributed by atoms with Crippen molar-refractivity contribution in [2.24, 2.45) is 5.73 Å². The van der Waals surface area contributed by atoms with Gasteiger partial charge in [0.2, 0.25) is 0 Å². The molecule has 0 spiro atoms. The van der Waals surface area contributed by atoms with Crippen LogP contribution in [0.3, 0.4) is 0 Å². The lowest BCUT2D eigenvalue weighted by Gasteiger charge is -2.11. The first-order valence-electron chi connectivity index (χ1n) is 4.29. The highest BCUT2D eigenvalue weighted by Gasteiger charge is 2.11. The van der Waals surface area contributed by atoms with Gasteiger partial charge in [-0.2, -0.15) is 5.26 Å². The molecule has 1 atom stereocenters. The van der Waals surface area contributed by atoms with E-state index in [9.17, 15) is 5.11 Å². The van der Waals surface area contributed by atoms with E-state index in [-0.39, 0.29) is 17.4 Å².